The van der Waals surface area contributed by atoms with E-state index in [9.17, 15) is 0 Å². The molecule has 1 aromatic carbocycles. The lowest BCUT2D eigenvalue weighted by molar-refractivity contribution is -0.0838. The lowest BCUT2D eigenvalue weighted by atomic mass is 9.91. The van der Waals surface area contributed by atoms with E-state index < -0.39 is 0 Å². The summed E-state index contributed by atoms with van der Waals surface area (Å²) >= 11 is 0. The molecule has 2 rings (SSSR count). The van der Waals surface area contributed by atoms with E-state index in [0.29, 0.717) is 13.2 Å². The molecule has 0 bridgehead atoms. The van der Waals surface area contributed by atoms with Crippen molar-refractivity contribution in [3.63, 3.8) is 0 Å². The Balaban J connectivity index is 1.91. The Bertz CT molecular complexity index is 331. The van der Waals surface area contributed by atoms with Gasteiger partial charge in [0.15, 0.2) is 0 Å². The van der Waals surface area contributed by atoms with Gasteiger partial charge in [0.25, 0.3) is 0 Å². The standard InChI is InChI=1S/C14H22N2O/c1-16-9-7-14(12-15,8-10-16)17-11-13-5-3-2-4-6-13/h2-6H,7-12,15H2,1H3. The molecular weight excluding hydrogens is 212 g/mol. The first-order valence-corrected chi connectivity index (χ1v) is 6.31. The van der Waals surface area contributed by atoms with Gasteiger partial charge in [-0.1, -0.05) is 30.3 Å². The molecule has 1 aliphatic heterocycles. The van der Waals surface area contributed by atoms with Crippen molar-refractivity contribution in [3.8, 4) is 0 Å². The molecule has 3 nitrogen and oxygen atoms in total. The second-order valence-corrected chi connectivity index (χ2v) is 4.96. The zero-order valence-electron chi connectivity index (χ0n) is 10.6. The van der Waals surface area contributed by atoms with Gasteiger partial charge in [-0.15, -0.1) is 0 Å². The second kappa shape index (κ2) is 5.63. The van der Waals surface area contributed by atoms with Crippen LogP contribution in [0, 0.1) is 0 Å². The molecule has 0 aliphatic carbocycles. The average Bonchev–Trinajstić information content (AvgIpc) is 2.40. The third-order valence-corrected chi connectivity index (χ3v) is 3.66. The van der Waals surface area contributed by atoms with Gasteiger partial charge in [0, 0.05) is 19.6 Å². The molecular formula is C14H22N2O. The summed E-state index contributed by atoms with van der Waals surface area (Å²) in [5, 5.41) is 0. The number of nitrogens with two attached hydrogens (primary N) is 1. The maximum Gasteiger partial charge on any atom is 0.0833 e. The van der Waals surface area contributed by atoms with Gasteiger partial charge in [0.05, 0.1) is 12.2 Å². The van der Waals surface area contributed by atoms with Crippen LogP contribution >= 0.6 is 0 Å². The molecule has 1 aromatic rings. The number of rotatable bonds is 4. The quantitative estimate of drug-likeness (QED) is 0.860. The predicted octanol–water partition coefficient (Wildman–Crippen LogP) is 1.63. The maximum absolute atomic E-state index is 6.10. The number of hydrogen-bond acceptors (Lipinski definition) is 3. The minimum atomic E-state index is -0.109. The summed E-state index contributed by atoms with van der Waals surface area (Å²) in [6.45, 7) is 3.44. The van der Waals surface area contributed by atoms with E-state index in [1.54, 1.807) is 0 Å². The summed E-state index contributed by atoms with van der Waals surface area (Å²) in [5.41, 5.74) is 7.02. The van der Waals surface area contributed by atoms with Gasteiger partial charge < -0.3 is 15.4 Å². The topological polar surface area (TPSA) is 38.5 Å². The molecule has 2 N–H and O–H groups in total. The summed E-state index contributed by atoms with van der Waals surface area (Å²) < 4.78 is 6.10. The Morgan fingerprint density at radius 3 is 2.47 bits per heavy atom. The molecule has 1 aliphatic rings. The van der Waals surface area contributed by atoms with Gasteiger partial charge in [0.2, 0.25) is 0 Å². The number of likely N-dealkylation sites (tertiary alicyclic amines) is 1. The fraction of sp³-hybridized carbons (Fsp3) is 0.571. The van der Waals surface area contributed by atoms with Crippen LogP contribution < -0.4 is 5.73 Å². The Morgan fingerprint density at radius 2 is 1.88 bits per heavy atom. The van der Waals surface area contributed by atoms with Crippen molar-refractivity contribution >= 4 is 0 Å². The highest BCUT2D eigenvalue weighted by Gasteiger charge is 2.33. The van der Waals surface area contributed by atoms with Crippen molar-refractivity contribution < 1.29 is 4.74 Å². The highest BCUT2D eigenvalue weighted by atomic mass is 16.5. The Hall–Kier alpha value is -0.900. The molecule has 94 valence electrons. The first kappa shape index (κ1) is 12.6. The SMILES string of the molecule is CN1CCC(CN)(OCc2ccccc2)CC1. The van der Waals surface area contributed by atoms with E-state index in [1.807, 2.05) is 18.2 Å². The van der Waals surface area contributed by atoms with Gasteiger partial charge in [-0.3, -0.25) is 0 Å². The lowest BCUT2D eigenvalue weighted by Gasteiger charge is -2.39. The van der Waals surface area contributed by atoms with Crippen LogP contribution in [0.15, 0.2) is 30.3 Å². The summed E-state index contributed by atoms with van der Waals surface area (Å²) in [4.78, 5) is 2.33. The molecule has 0 atom stereocenters. The smallest absolute Gasteiger partial charge is 0.0833 e. The molecule has 1 fully saturated rings. The van der Waals surface area contributed by atoms with Crippen molar-refractivity contribution in [3.05, 3.63) is 35.9 Å². The number of hydrogen-bond donors (Lipinski definition) is 1. The van der Waals surface area contributed by atoms with Crippen LogP contribution in [0.4, 0.5) is 0 Å². The van der Waals surface area contributed by atoms with E-state index in [0.717, 1.165) is 25.9 Å². The van der Waals surface area contributed by atoms with Crippen molar-refractivity contribution in [2.24, 2.45) is 5.73 Å². The van der Waals surface area contributed by atoms with Gasteiger partial charge in [0.1, 0.15) is 0 Å². The average molecular weight is 234 g/mol. The second-order valence-electron chi connectivity index (χ2n) is 4.96. The molecule has 0 unspecified atom stereocenters. The first-order chi connectivity index (χ1) is 8.24. The molecule has 0 radical (unpaired) electrons. The van der Waals surface area contributed by atoms with Crippen LogP contribution in [-0.2, 0) is 11.3 Å². The molecule has 0 amide bonds. The zero-order chi connectivity index (χ0) is 12.1. The van der Waals surface area contributed by atoms with Crippen LogP contribution in [0.1, 0.15) is 18.4 Å². The normalized spacial score (nSPS) is 20.4. The van der Waals surface area contributed by atoms with E-state index in [4.69, 9.17) is 10.5 Å². The van der Waals surface area contributed by atoms with E-state index in [2.05, 4.69) is 24.1 Å². The first-order valence-electron chi connectivity index (χ1n) is 6.31. The molecule has 3 heteroatoms. The highest BCUT2D eigenvalue weighted by molar-refractivity contribution is 5.13. The maximum atomic E-state index is 6.10. The molecule has 17 heavy (non-hydrogen) atoms. The van der Waals surface area contributed by atoms with Gasteiger partial charge >= 0.3 is 0 Å². The van der Waals surface area contributed by atoms with Crippen molar-refractivity contribution in [1.82, 2.24) is 4.90 Å². The largest absolute Gasteiger partial charge is 0.369 e. The van der Waals surface area contributed by atoms with E-state index >= 15 is 0 Å². The minimum Gasteiger partial charge on any atom is -0.369 e. The van der Waals surface area contributed by atoms with Crippen molar-refractivity contribution in [1.29, 1.82) is 0 Å². The van der Waals surface area contributed by atoms with Crippen molar-refractivity contribution in [2.75, 3.05) is 26.7 Å². The number of ether oxygens (including phenoxy) is 1. The molecule has 1 saturated heterocycles. The Kier molecular flexibility index (Phi) is 4.15. The molecule has 0 aromatic heterocycles. The summed E-state index contributed by atoms with van der Waals surface area (Å²) in [6.07, 6.45) is 2.07. The Labute approximate surface area is 104 Å². The summed E-state index contributed by atoms with van der Waals surface area (Å²) in [5.74, 6) is 0. The fourth-order valence-corrected chi connectivity index (χ4v) is 2.24. The Morgan fingerprint density at radius 1 is 1.24 bits per heavy atom. The number of benzene rings is 1. The van der Waals surface area contributed by atoms with E-state index in [1.165, 1.54) is 5.56 Å². The monoisotopic (exact) mass is 234 g/mol. The predicted molar refractivity (Wildman–Crippen MR) is 69.7 cm³/mol. The number of nitrogens with zero attached hydrogens (tertiary/aromatic N) is 1. The molecule has 0 saturated carbocycles. The zero-order valence-corrected chi connectivity index (χ0v) is 10.6. The minimum absolute atomic E-state index is 0.109. The van der Waals surface area contributed by atoms with Crippen LogP contribution in [0.5, 0.6) is 0 Å². The third-order valence-electron chi connectivity index (χ3n) is 3.66. The molecule has 0 spiro atoms. The van der Waals surface area contributed by atoms with Crippen LogP contribution in [0.3, 0.4) is 0 Å². The van der Waals surface area contributed by atoms with Crippen LogP contribution in [0.2, 0.25) is 0 Å². The molecule has 1 heterocycles. The highest BCUT2D eigenvalue weighted by Crippen LogP contribution is 2.26. The summed E-state index contributed by atoms with van der Waals surface area (Å²) in [6, 6.07) is 10.3. The van der Waals surface area contributed by atoms with E-state index in [-0.39, 0.29) is 5.60 Å². The fourth-order valence-electron chi connectivity index (χ4n) is 2.24. The lowest BCUT2D eigenvalue weighted by Crippen LogP contribution is -2.49. The van der Waals surface area contributed by atoms with Gasteiger partial charge in [-0.25, -0.2) is 0 Å². The van der Waals surface area contributed by atoms with Crippen molar-refractivity contribution in [2.45, 2.75) is 25.0 Å². The van der Waals surface area contributed by atoms with Crippen LogP contribution in [0.25, 0.3) is 0 Å². The number of piperidine rings is 1. The summed E-state index contributed by atoms with van der Waals surface area (Å²) in [7, 11) is 2.15. The van der Waals surface area contributed by atoms with Gasteiger partial charge in [-0.2, -0.15) is 0 Å². The van der Waals surface area contributed by atoms with Crippen LogP contribution in [-0.4, -0.2) is 37.2 Å². The van der Waals surface area contributed by atoms with Gasteiger partial charge in [-0.05, 0) is 25.5 Å². The third kappa shape index (κ3) is 3.28.